The van der Waals surface area contributed by atoms with Gasteiger partial charge in [-0.15, -0.1) is 23.6 Å². The number of aryl methyl sites for hydroxylation is 1. The number of benzene rings is 8. The Bertz CT molecular complexity index is 3240. The van der Waals surface area contributed by atoms with Crippen molar-refractivity contribution in [3.8, 4) is 39.6 Å². The molecule has 0 N–H and O–H groups in total. The maximum absolute atomic E-state index is 6.67. The van der Waals surface area contributed by atoms with Crippen molar-refractivity contribution in [3.05, 3.63) is 206 Å². The number of para-hydroxylation sites is 2. The van der Waals surface area contributed by atoms with E-state index in [4.69, 9.17) is 9.72 Å². The Morgan fingerprint density at radius 2 is 1.25 bits per heavy atom. The maximum atomic E-state index is 6.67. The number of hydrogen-bond donors (Lipinski definition) is 0. The summed E-state index contributed by atoms with van der Waals surface area (Å²) in [5, 5.41) is 4.50. The molecule has 2 aromatic heterocycles. The summed E-state index contributed by atoms with van der Waals surface area (Å²) in [6.07, 6.45) is 1.82. The van der Waals surface area contributed by atoms with Crippen molar-refractivity contribution in [2.45, 2.75) is 6.92 Å². The van der Waals surface area contributed by atoms with E-state index < -0.39 is 0 Å². The molecule has 5 nitrogen and oxygen atoms in total. The third-order valence-electron chi connectivity index (χ3n) is 10.8. The van der Waals surface area contributed by atoms with Gasteiger partial charge in [-0.2, -0.15) is 11.6 Å². The SMILES string of the molecule is Cc1cc(Oc2[c-]c3c(cc2)c2ccccc2n3-c2ccccn2)[c-]c([N+]2=C=[N+](c3c(-c4ccccc4)cccc3-c3ccccc3)c3c2ccc2ccccc32)c1.[Pd+2]. The Morgan fingerprint density at radius 1 is 0.559 bits per heavy atom. The van der Waals surface area contributed by atoms with Gasteiger partial charge in [0, 0.05) is 29.3 Å². The number of pyridine rings is 1. The van der Waals surface area contributed by atoms with E-state index in [1.807, 2.05) is 36.5 Å². The minimum Gasteiger partial charge on any atom is -0.509 e. The van der Waals surface area contributed by atoms with Gasteiger partial charge in [-0.05, 0) is 68.9 Å². The number of ether oxygens (including phenoxy) is 1. The molecule has 0 spiro atoms. The van der Waals surface area contributed by atoms with Crippen LogP contribution in [-0.4, -0.2) is 15.6 Å². The van der Waals surface area contributed by atoms with Crippen LogP contribution in [0.25, 0.3) is 60.6 Å². The van der Waals surface area contributed by atoms with Gasteiger partial charge in [-0.1, -0.05) is 138 Å². The second-order valence-corrected chi connectivity index (χ2v) is 14.5. The zero-order valence-electron chi connectivity index (χ0n) is 31.9. The largest absolute Gasteiger partial charge is 2.00 e. The molecule has 6 heteroatoms. The van der Waals surface area contributed by atoms with Gasteiger partial charge in [0.15, 0.2) is 0 Å². The van der Waals surface area contributed by atoms with Gasteiger partial charge in [-0.3, -0.25) is 0 Å². The van der Waals surface area contributed by atoms with E-state index in [9.17, 15) is 0 Å². The summed E-state index contributed by atoms with van der Waals surface area (Å²) in [7, 11) is 0. The molecule has 0 bridgehead atoms. The quantitative estimate of drug-likeness (QED) is 0.0909. The van der Waals surface area contributed by atoms with Gasteiger partial charge in [0.25, 0.3) is 5.69 Å². The molecule has 10 aromatic rings. The van der Waals surface area contributed by atoms with E-state index in [0.717, 1.165) is 89.0 Å². The van der Waals surface area contributed by atoms with Crippen LogP contribution in [0.3, 0.4) is 0 Å². The standard InChI is InChI=1S/C53H34N4O.Pd/c1-36-31-40(33-42(32-36)58-41-27-28-47-46-21-10-11-24-48(46)57(50(47)34-41)51-25-12-13-30-54-51)55-35-56(53-45-20-9-8-19-39(45)26-29-49(53)55)52-43(37-15-4-2-5-16-37)22-14-23-44(52)38-17-6-3-7-18-38;/h2-32H,1H3;/q;+2. The average Bonchev–Trinajstić information content (AvgIpc) is 3.83. The van der Waals surface area contributed by atoms with Crippen LogP contribution in [0.2, 0.25) is 0 Å². The number of rotatable bonds is 7. The molecule has 1 aliphatic rings. The van der Waals surface area contributed by atoms with Crippen LogP contribution < -0.4 is 13.9 Å². The fourth-order valence-corrected chi connectivity index (χ4v) is 8.31. The predicted octanol–water partition coefficient (Wildman–Crippen LogP) is 13.2. The van der Waals surface area contributed by atoms with E-state index in [0.29, 0.717) is 11.5 Å². The first-order chi connectivity index (χ1) is 28.7. The van der Waals surface area contributed by atoms with E-state index in [2.05, 4.69) is 190 Å². The van der Waals surface area contributed by atoms with Gasteiger partial charge in [0.2, 0.25) is 5.69 Å². The molecule has 280 valence electrons. The van der Waals surface area contributed by atoms with Gasteiger partial charge in [-0.25, -0.2) is 4.98 Å². The summed E-state index contributed by atoms with van der Waals surface area (Å²) >= 11 is 0. The van der Waals surface area contributed by atoms with E-state index in [-0.39, 0.29) is 20.4 Å². The van der Waals surface area contributed by atoms with E-state index >= 15 is 0 Å². The molecular weight excluding hydrogens is 815 g/mol. The molecule has 0 fully saturated rings. The number of nitrogens with zero attached hydrogens (tertiary/aromatic N) is 4. The summed E-state index contributed by atoms with van der Waals surface area (Å²) in [5.74, 6) is 2.00. The summed E-state index contributed by atoms with van der Waals surface area (Å²) in [6.45, 7) is 2.09. The van der Waals surface area contributed by atoms with Crippen LogP contribution >= 0.6 is 0 Å². The molecule has 0 amide bonds. The summed E-state index contributed by atoms with van der Waals surface area (Å²) in [6, 6.07) is 74.3. The molecule has 0 unspecified atom stereocenters. The van der Waals surface area contributed by atoms with Crippen LogP contribution in [0.15, 0.2) is 188 Å². The second-order valence-electron chi connectivity index (χ2n) is 14.5. The van der Waals surface area contributed by atoms with Crippen molar-refractivity contribution in [3.63, 3.8) is 0 Å². The molecule has 0 aliphatic carbocycles. The van der Waals surface area contributed by atoms with Crippen LogP contribution in [0.5, 0.6) is 11.5 Å². The first kappa shape index (κ1) is 36.2. The first-order valence-corrected chi connectivity index (χ1v) is 19.4. The summed E-state index contributed by atoms with van der Waals surface area (Å²) < 4.78 is 13.2. The van der Waals surface area contributed by atoms with Crippen molar-refractivity contribution >= 4 is 61.3 Å². The van der Waals surface area contributed by atoms with Crippen molar-refractivity contribution in [1.82, 2.24) is 18.7 Å². The van der Waals surface area contributed by atoms with Crippen molar-refractivity contribution in [1.29, 1.82) is 0 Å². The minimum atomic E-state index is 0. The average molecular weight is 849 g/mol. The monoisotopic (exact) mass is 848 g/mol. The van der Waals surface area contributed by atoms with Crippen LogP contribution in [-0.2, 0) is 20.4 Å². The topological polar surface area (TPSA) is 33.1 Å². The van der Waals surface area contributed by atoms with E-state index in [1.165, 1.54) is 0 Å². The Labute approximate surface area is 355 Å². The fraction of sp³-hybridized carbons (Fsp3) is 0.0189. The predicted molar refractivity (Wildman–Crippen MR) is 237 cm³/mol. The Balaban J connectivity index is 0.00000420. The molecule has 11 rings (SSSR count). The third kappa shape index (κ3) is 6.28. The molecule has 3 heterocycles. The maximum Gasteiger partial charge on any atom is 2.00 e. The molecule has 0 radical (unpaired) electrons. The first-order valence-electron chi connectivity index (χ1n) is 19.4. The van der Waals surface area contributed by atoms with Gasteiger partial charge < -0.3 is 9.30 Å². The summed E-state index contributed by atoms with van der Waals surface area (Å²) in [4.78, 5) is 4.69. The zero-order chi connectivity index (χ0) is 38.6. The number of aromatic nitrogens is 2. The molecule has 59 heavy (non-hydrogen) atoms. The van der Waals surface area contributed by atoms with Crippen molar-refractivity contribution in [2.75, 3.05) is 0 Å². The molecular formula is C53H34N4OPd+2. The van der Waals surface area contributed by atoms with Crippen LogP contribution in [0.4, 0.5) is 22.7 Å². The Kier molecular flexibility index (Phi) is 9.17. The molecule has 8 aromatic carbocycles. The Hall–Kier alpha value is -7.19. The second kappa shape index (κ2) is 15.0. The van der Waals surface area contributed by atoms with E-state index in [1.54, 1.807) is 0 Å². The molecule has 1 aliphatic heterocycles. The Morgan fingerprint density at radius 3 is 2.00 bits per heavy atom. The number of fused-ring (bicyclic) bond motifs is 6. The smallest absolute Gasteiger partial charge is 0.509 e. The van der Waals surface area contributed by atoms with Gasteiger partial charge in [0.05, 0.1) is 16.5 Å². The number of hydrogen-bond acceptors (Lipinski definition) is 2. The van der Waals surface area contributed by atoms with Crippen molar-refractivity contribution in [2.24, 2.45) is 0 Å². The van der Waals surface area contributed by atoms with Gasteiger partial charge >= 0.3 is 32.1 Å². The van der Waals surface area contributed by atoms with Crippen LogP contribution in [0, 0.1) is 19.1 Å². The molecule has 0 saturated carbocycles. The molecule has 0 saturated heterocycles. The minimum absolute atomic E-state index is 0. The zero-order valence-corrected chi connectivity index (χ0v) is 33.5. The normalized spacial score (nSPS) is 11.9. The third-order valence-corrected chi connectivity index (χ3v) is 10.8. The molecule has 0 atom stereocenters. The van der Waals surface area contributed by atoms with Crippen molar-refractivity contribution < 1.29 is 25.2 Å². The van der Waals surface area contributed by atoms with Gasteiger partial charge in [0.1, 0.15) is 11.5 Å². The van der Waals surface area contributed by atoms with Crippen LogP contribution in [0.1, 0.15) is 5.56 Å². The fourth-order valence-electron chi connectivity index (χ4n) is 8.31. The summed E-state index contributed by atoms with van der Waals surface area (Å²) in [5.41, 5.74) is 11.4.